The molecule has 6 rings (SSSR count). The number of nitrogens with two attached hydrogens (primary N) is 1. The van der Waals surface area contributed by atoms with Crippen LogP contribution in [0.25, 0.3) is 22.0 Å². The highest BCUT2D eigenvalue weighted by Crippen LogP contribution is 2.46. The van der Waals surface area contributed by atoms with Crippen molar-refractivity contribution in [3.05, 3.63) is 75.1 Å². The van der Waals surface area contributed by atoms with Gasteiger partial charge in [-0.25, -0.2) is 48.5 Å². The van der Waals surface area contributed by atoms with E-state index in [1.807, 2.05) is 0 Å². The molecular weight excluding hydrogens is 737 g/mol. The molecule has 2 aromatic heterocycles. The lowest BCUT2D eigenvalue weighted by molar-refractivity contribution is 0.00367. The standard InChI is InChI=1S/C34H33ClF5N5O4S2/c1-34(2,50(3,46)47)12-11-26-21-5-4-6-22(21)27(29(42-26)25(41)15-17-13-18(36)16-19(37)14-17)23-9-10-24(35)28-30(23)45(32(40)31(38)39)43-33(28)44-51(48,49)20-7-8-20/h9-10,13-14,16,20,25,31-32H,4-8,15,41H2,1-3H3,(H,43,44)/t25-,32?/m0/s1. The Balaban J connectivity index is 1.66. The lowest BCUT2D eigenvalue weighted by Gasteiger charge is -2.22. The van der Waals surface area contributed by atoms with Crippen LogP contribution in [0.5, 0.6) is 0 Å². The fraction of sp³-hybridized carbons (Fsp3) is 0.412. The first-order chi connectivity index (χ1) is 23.8. The number of fused-ring (bicyclic) bond motifs is 2. The summed E-state index contributed by atoms with van der Waals surface area (Å²) in [5, 5.41) is 3.00. The molecule has 2 aromatic carbocycles. The molecule has 1 fully saturated rings. The molecule has 3 N–H and O–H groups in total. The quantitative estimate of drug-likeness (QED) is 0.138. The summed E-state index contributed by atoms with van der Waals surface area (Å²) in [5.74, 6) is 3.54. The normalized spacial score (nSPS) is 16.2. The van der Waals surface area contributed by atoms with Crippen LogP contribution in [0.15, 0.2) is 30.3 Å². The maximum Gasteiger partial charge on any atom is 0.289 e. The summed E-state index contributed by atoms with van der Waals surface area (Å²) >= 11 is 6.57. The topological polar surface area (TPSA) is 137 Å². The van der Waals surface area contributed by atoms with Crippen LogP contribution in [-0.2, 0) is 39.1 Å². The number of hydrogen-bond donors (Lipinski definition) is 2. The van der Waals surface area contributed by atoms with Gasteiger partial charge in [-0.2, -0.15) is 5.10 Å². The Hall–Kier alpha value is -3.78. The van der Waals surface area contributed by atoms with E-state index >= 15 is 4.39 Å². The number of sulfone groups is 1. The Morgan fingerprint density at radius 3 is 2.31 bits per heavy atom. The van der Waals surface area contributed by atoms with Crippen LogP contribution < -0.4 is 10.5 Å². The molecule has 0 spiro atoms. The number of aromatic nitrogens is 3. The van der Waals surface area contributed by atoms with Gasteiger partial charge in [0.05, 0.1) is 32.9 Å². The molecule has 51 heavy (non-hydrogen) atoms. The van der Waals surface area contributed by atoms with Crippen LogP contribution in [-0.4, -0.2) is 54.3 Å². The molecule has 2 aliphatic carbocycles. The molecular formula is C34H33ClF5N5O4S2. The molecule has 0 bridgehead atoms. The van der Waals surface area contributed by atoms with Gasteiger partial charge >= 0.3 is 0 Å². The highest BCUT2D eigenvalue weighted by Gasteiger charge is 2.38. The highest BCUT2D eigenvalue weighted by molar-refractivity contribution is 7.93. The van der Waals surface area contributed by atoms with Crippen LogP contribution in [0.2, 0.25) is 5.02 Å². The van der Waals surface area contributed by atoms with Gasteiger partial charge in [0.15, 0.2) is 15.7 Å². The fourth-order valence-electron chi connectivity index (χ4n) is 6.13. The molecule has 1 unspecified atom stereocenters. The van der Waals surface area contributed by atoms with Gasteiger partial charge in [-0.15, -0.1) is 0 Å². The van der Waals surface area contributed by atoms with Gasteiger partial charge in [0.1, 0.15) is 22.1 Å². The van der Waals surface area contributed by atoms with Gasteiger partial charge in [-0.1, -0.05) is 23.6 Å². The Morgan fingerprint density at radius 2 is 1.71 bits per heavy atom. The number of rotatable bonds is 10. The largest absolute Gasteiger partial charge is 0.322 e. The van der Waals surface area contributed by atoms with Gasteiger partial charge in [-0.05, 0) is 93.2 Å². The van der Waals surface area contributed by atoms with Crippen molar-refractivity contribution in [3.63, 3.8) is 0 Å². The molecule has 0 aliphatic heterocycles. The van der Waals surface area contributed by atoms with E-state index in [1.54, 1.807) is 0 Å². The summed E-state index contributed by atoms with van der Waals surface area (Å²) in [7, 11) is -7.65. The Kier molecular flexibility index (Phi) is 9.67. The molecule has 9 nitrogen and oxygen atoms in total. The number of alkyl halides is 3. The second-order valence-corrected chi connectivity index (χ2v) is 18.3. The number of hydrogen-bond acceptors (Lipinski definition) is 7. The molecule has 17 heteroatoms. The zero-order chi connectivity index (χ0) is 37.2. The lowest BCUT2D eigenvalue weighted by Crippen LogP contribution is -2.28. The molecule has 0 amide bonds. The van der Waals surface area contributed by atoms with Crippen molar-refractivity contribution < 1.29 is 38.8 Å². The van der Waals surface area contributed by atoms with E-state index in [1.165, 1.54) is 26.0 Å². The number of sulfonamides is 1. The second-order valence-electron chi connectivity index (χ2n) is 13.3. The van der Waals surface area contributed by atoms with Crippen molar-refractivity contribution in [3.8, 4) is 23.0 Å². The summed E-state index contributed by atoms with van der Waals surface area (Å²) in [6.07, 6.45) is -3.56. The van der Waals surface area contributed by atoms with Gasteiger partial charge in [0.25, 0.3) is 12.7 Å². The Morgan fingerprint density at radius 1 is 1.06 bits per heavy atom. The van der Waals surface area contributed by atoms with E-state index in [-0.39, 0.29) is 50.4 Å². The zero-order valence-corrected chi connectivity index (χ0v) is 30.0. The first kappa shape index (κ1) is 37.0. The van der Waals surface area contributed by atoms with E-state index in [2.05, 4.69) is 21.7 Å². The summed E-state index contributed by atoms with van der Waals surface area (Å²) < 4.78 is 124. The van der Waals surface area contributed by atoms with Crippen LogP contribution >= 0.6 is 11.6 Å². The minimum absolute atomic E-state index is 0.0886. The van der Waals surface area contributed by atoms with Gasteiger partial charge in [-0.3, -0.25) is 4.72 Å². The summed E-state index contributed by atoms with van der Waals surface area (Å²) in [4.78, 5) is 4.79. The van der Waals surface area contributed by atoms with Crippen molar-refractivity contribution in [1.82, 2.24) is 14.8 Å². The first-order valence-electron chi connectivity index (χ1n) is 15.9. The first-order valence-corrected chi connectivity index (χ1v) is 19.7. The number of nitrogens with one attached hydrogen (secondary N) is 1. The third-order valence-electron chi connectivity index (χ3n) is 9.15. The highest BCUT2D eigenvalue weighted by atomic mass is 35.5. The smallest absolute Gasteiger partial charge is 0.289 e. The molecule has 272 valence electrons. The minimum Gasteiger partial charge on any atom is -0.322 e. The molecule has 2 aliphatic rings. The zero-order valence-electron chi connectivity index (χ0n) is 27.6. The molecule has 0 radical (unpaired) electrons. The predicted octanol–water partition coefficient (Wildman–Crippen LogP) is 6.57. The van der Waals surface area contributed by atoms with Crippen LogP contribution in [0.1, 0.15) is 73.5 Å². The number of nitrogens with zero attached hydrogens (tertiary/aromatic N) is 3. The molecule has 2 heterocycles. The van der Waals surface area contributed by atoms with E-state index in [0.29, 0.717) is 54.0 Å². The van der Waals surface area contributed by atoms with Crippen LogP contribution in [0, 0.1) is 23.5 Å². The van der Waals surface area contributed by atoms with Gasteiger partial charge in [0.2, 0.25) is 10.0 Å². The Bertz CT molecular complexity index is 2330. The fourth-order valence-corrected chi connectivity index (χ4v) is 7.94. The van der Waals surface area contributed by atoms with Crippen molar-refractivity contribution >= 4 is 48.2 Å². The Labute approximate surface area is 296 Å². The maximum atomic E-state index is 15.5. The molecule has 2 atom stereocenters. The SMILES string of the molecule is CC(C)(C#Cc1nc([C@@H](N)Cc2cc(F)cc(F)c2)c(-c2ccc(Cl)c3c(NS(=O)(=O)C4CC4)nn(C(F)C(F)F)c23)c2c1CCC2)S(C)(=O)=O. The summed E-state index contributed by atoms with van der Waals surface area (Å²) in [5.41, 5.74) is 8.53. The van der Waals surface area contributed by atoms with Crippen molar-refractivity contribution in [2.45, 2.75) is 81.1 Å². The molecule has 1 saturated carbocycles. The second kappa shape index (κ2) is 13.3. The van der Waals surface area contributed by atoms with Gasteiger partial charge in [0, 0.05) is 23.4 Å². The van der Waals surface area contributed by atoms with Crippen LogP contribution in [0.4, 0.5) is 27.8 Å². The summed E-state index contributed by atoms with van der Waals surface area (Å²) in [6, 6.07) is 4.58. The maximum absolute atomic E-state index is 15.5. The van der Waals surface area contributed by atoms with Gasteiger partial charge < -0.3 is 5.73 Å². The molecule has 0 saturated heterocycles. The average Bonchev–Trinajstić information content (AvgIpc) is 3.67. The predicted molar refractivity (Wildman–Crippen MR) is 185 cm³/mol. The van der Waals surface area contributed by atoms with E-state index in [0.717, 1.165) is 18.4 Å². The number of pyridine rings is 1. The van der Waals surface area contributed by atoms with Crippen molar-refractivity contribution in [1.29, 1.82) is 0 Å². The monoisotopic (exact) mass is 769 g/mol. The van der Waals surface area contributed by atoms with Crippen molar-refractivity contribution in [2.24, 2.45) is 5.73 Å². The third kappa shape index (κ3) is 7.18. The third-order valence-corrected chi connectivity index (χ3v) is 13.2. The minimum atomic E-state index is -4.01. The van der Waals surface area contributed by atoms with E-state index in [9.17, 15) is 34.4 Å². The van der Waals surface area contributed by atoms with Crippen molar-refractivity contribution in [2.75, 3.05) is 11.0 Å². The van der Waals surface area contributed by atoms with E-state index in [4.69, 9.17) is 22.3 Å². The van der Waals surface area contributed by atoms with Crippen LogP contribution in [0.3, 0.4) is 0 Å². The summed E-state index contributed by atoms with van der Waals surface area (Å²) in [6.45, 7) is 2.87. The number of benzene rings is 2. The number of anilines is 1. The average molecular weight is 770 g/mol. The van der Waals surface area contributed by atoms with E-state index < -0.39 is 66.1 Å². The lowest BCUT2D eigenvalue weighted by atomic mass is 9.89. The molecule has 4 aromatic rings. The number of halogens is 6.